The third-order valence-electron chi connectivity index (χ3n) is 4.23. The van der Waals surface area contributed by atoms with Gasteiger partial charge in [-0.25, -0.2) is 8.42 Å². The van der Waals surface area contributed by atoms with Crippen LogP contribution in [0.5, 0.6) is 0 Å². The number of hydrogen-bond donors (Lipinski definition) is 1. The van der Waals surface area contributed by atoms with Gasteiger partial charge in [-0.05, 0) is 58.8 Å². The van der Waals surface area contributed by atoms with E-state index in [0.29, 0.717) is 29.0 Å². The van der Waals surface area contributed by atoms with Crippen molar-refractivity contribution in [1.82, 2.24) is 4.31 Å². The van der Waals surface area contributed by atoms with Crippen molar-refractivity contribution in [1.29, 1.82) is 0 Å². The first kappa shape index (κ1) is 16.9. The molecule has 1 aliphatic rings. The van der Waals surface area contributed by atoms with E-state index in [1.54, 1.807) is 16.4 Å². The zero-order valence-corrected chi connectivity index (χ0v) is 14.9. The van der Waals surface area contributed by atoms with Crippen molar-refractivity contribution >= 4 is 26.0 Å². The van der Waals surface area contributed by atoms with Crippen molar-refractivity contribution in [3.05, 3.63) is 27.7 Å². The predicted molar refractivity (Wildman–Crippen MR) is 86.6 cm³/mol. The molecule has 0 radical (unpaired) electrons. The molecule has 0 unspecified atom stereocenters. The minimum Gasteiger partial charge on any atom is -0.392 e. The third-order valence-corrected chi connectivity index (χ3v) is 7.47. The molecule has 1 saturated heterocycles. The number of piperidine rings is 1. The first-order chi connectivity index (χ1) is 9.90. The van der Waals surface area contributed by atoms with Gasteiger partial charge in [0.05, 0.1) is 11.5 Å². The second-order valence-corrected chi connectivity index (χ2v) is 8.34. The van der Waals surface area contributed by atoms with E-state index in [1.807, 2.05) is 6.92 Å². The Balaban J connectivity index is 2.34. The van der Waals surface area contributed by atoms with E-state index < -0.39 is 10.0 Å². The van der Waals surface area contributed by atoms with Crippen LogP contribution >= 0.6 is 15.9 Å². The standard InChI is InChI=1S/C15H22BrNO3S/c1-3-12-4-6-17(7-5-12)21(19,20)14-9-13(10-18)8-11(2)15(14)16/h8-9,12,18H,3-7,10H2,1-2H3. The second kappa shape index (κ2) is 6.77. The molecular weight excluding hydrogens is 354 g/mol. The molecule has 0 amide bonds. The molecule has 1 aromatic rings. The van der Waals surface area contributed by atoms with Gasteiger partial charge in [0.15, 0.2) is 0 Å². The van der Waals surface area contributed by atoms with Gasteiger partial charge in [0, 0.05) is 17.6 Å². The summed E-state index contributed by atoms with van der Waals surface area (Å²) in [7, 11) is -3.50. The van der Waals surface area contributed by atoms with Crippen LogP contribution in [-0.2, 0) is 16.6 Å². The fraction of sp³-hybridized carbons (Fsp3) is 0.600. The summed E-state index contributed by atoms with van der Waals surface area (Å²) in [5.41, 5.74) is 1.45. The summed E-state index contributed by atoms with van der Waals surface area (Å²) in [6.45, 7) is 4.99. The van der Waals surface area contributed by atoms with Crippen molar-refractivity contribution in [3.8, 4) is 0 Å². The second-order valence-electron chi connectivity index (χ2n) is 5.64. The van der Waals surface area contributed by atoms with Crippen LogP contribution in [0.15, 0.2) is 21.5 Å². The Labute approximate surface area is 135 Å². The number of hydrogen-bond acceptors (Lipinski definition) is 3. The molecule has 4 nitrogen and oxygen atoms in total. The molecule has 0 spiro atoms. The lowest BCUT2D eigenvalue weighted by atomic mass is 9.96. The maximum Gasteiger partial charge on any atom is 0.244 e. The maximum atomic E-state index is 12.8. The van der Waals surface area contributed by atoms with Gasteiger partial charge in [0.2, 0.25) is 10.0 Å². The molecule has 0 atom stereocenters. The lowest BCUT2D eigenvalue weighted by Gasteiger charge is -2.31. The summed E-state index contributed by atoms with van der Waals surface area (Å²) in [5.74, 6) is 0.630. The molecule has 0 aromatic heterocycles. The highest BCUT2D eigenvalue weighted by molar-refractivity contribution is 9.10. The number of sulfonamides is 1. The number of rotatable bonds is 4. The molecule has 118 valence electrons. The Morgan fingerprint density at radius 3 is 2.48 bits per heavy atom. The van der Waals surface area contributed by atoms with Gasteiger partial charge < -0.3 is 5.11 Å². The van der Waals surface area contributed by atoms with Gasteiger partial charge >= 0.3 is 0 Å². The molecule has 1 aliphatic heterocycles. The Morgan fingerprint density at radius 1 is 1.33 bits per heavy atom. The summed E-state index contributed by atoms with van der Waals surface area (Å²) >= 11 is 3.38. The molecule has 0 aliphatic carbocycles. The van der Waals surface area contributed by atoms with E-state index in [2.05, 4.69) is 22.9 Å². The van der Waals surface area contributed by atoms with Crippen molar-refractivity contribution in [2.24, 2.45) is 5.92 Å². The summed E-state index contributed by atoms with van der Waals surface area (Å²) < 4.78 is 27.8. The normalized spacial score (nSPS) is 18.1. The molecule has 0 bridgehead atoms. The van der Waals surface area contributed by atoms with E-state index in [4.69, 9.17) is 0 Å². The van der Waals surface area contributed by atoms with Gasteiger partial charge in [-0.3, -0.25) is 0 Å². The summed E-state index contributed by atoms with van der Waals surface area (Å²) in [6, 6.07) is 3.37. The van der Waals surface area contributed by atoms with E-state index >= 15 is 0 Å². The Morgan fingerprint density at radius 2 is 1.95 bits per heavy atom. The SMILES string of the molecule is CCC1CCN(S(=O)(=O)c2cc(CO)cc(C)c2Br)CC1. The number of aliphatic hydroxyl groups is 1. The zero-order valence-electron chi connectivity index (χ0n) is 12.5. The number of benzene rings is 1. The van der Waals surface area contributed by atoms with Crippen LogP contribution in [0.2, 0.25) is 0 Å². The largest absolute Gasteiger partial charge is 0.392 e. The molecule has 0 saturated carbocycles. The third kappa shape index (κ3) is 3.50. The van der Waals surface area contributed by atoms with Crippen LogP contribution in [0.4, 0.5) is 0 Å². The van der Waals surface area contributed by atoms with E-state index in [1.165, 1.54) is 0 Å². The van der Waals surface area contributed by atoms with Crippen molar-refractivity contribution < 1.29 is 13.5 Å². The van der Waals surface area contributed by atoms with E-state index in [9.17, 15) is 13.5 Å². The molecule has 6 heteroatoms. The van der Waals surface area contributed by atoms with Crippen LogP contribution in [0.3, 0.4) is 0 Å². The topological polar surface area (TPSA) is 57.6 Å². The Bertz CT molecular complexity index is 608. The minimum absolute atomic E-state index is 0.158. The highest BCUT2D eigenvalue weighted by Crippen LogP contribution is 2.32. The van der Waals surface area contributed by atoms with Gasteiger partial charge in [-0.15, -0.1) is 0 Å². The van der Waals surface area contributed by atoms with Crippen LogP contribution in [-0.4, -0.2) is 30.9 Å². The summed E-state index contributed by atoms with van der Waals surface area (Å²) in [4.78, 5) is 0.265. The lowest BCUT2D eigenvalue weighted by Crippen LogP contribution is -2.38. The first-order valence-electron chi connectivity index (χ1n) is 7.30. The van der Waals surface area contributed by atoms with Gasteiger partial charge in [-0.1, -0.05) is 19.4 Å². The van der Waals surface area contributed by atoms with Crippen molar-refractivity contribution in [2.75, 3.05) is 13.1 Å². The first-order valence-corrected chi connectivity index (χ1v) is 9.53. The van der Waals surface area contributed by atoms with E-state index in [-0.39, 0.29) is 11.5 Å². The number of halogens is 1. The van der Waals surface area contributed by atoms with Crippen molar-refractivity contribution in [2.45, 2.75) is 44.6 Å². The Kier molecular flexibility index (Phi) is 5.46. The number of aryl methyl sites for hydroxylation is 1. The molecule has 2 rings (SSSR count). The molecule has 1 fully saturated rings. The maximum absolute atomic E-state index is 12.8. The minimum atomic E-state index is -3.50. The summed E-state index contributed by atoms with van der Waals surface area (Å²) in [5, 5.41) is 9.30. The zero-order chi connectivity index (χ0) is 15.6. The summed E-state index contributed by atoms with van der Waals surface area (Å²) in [6.07, 6.45) is 2.95. The van der Waals surface area contributed by atoms with Gasteiger partial charge in [-0.2, -0.15) is 4.31 Å². The monoisotopic (exact) mass is 375 g/mol. The molecular formula is C15H22BrNO3S. The molecule has 1 heterocycles. The lowest BCUT2D eigenvalue weighted by molar-refractivity contribution is 0.268. The number of nitrogens with zero attached hydrogens (tertiary/aromatic N) is 1. The highest BCUT2D eigenvalue weighted by atomic mass is 79.9. The average Bonchev–Trinajstić information content (AvgIpc) is 2.49. The highest BCUT2D eigenvalue weighted by Gasteiger charge is 2.30. The number of aliphatic hydroxyl groups excluding tert-OH is 1. The predicted octanol–water partition coefficient (Wildman–Crippen LogP) is 3.06. The Hall–Kier alpha value is -0.430. The van der Waals surface area contributed by atoms with Crippen LogP contribution in [0.25, 0.3) is 0 Å². The molecule has 21 heavy (non-hydrogen) atoms. The smallest absolute Gasteiger partial charge is 0.244 e. The van der Waals surface area contributed by atoms with Crippen molar-refractivity contribution in [3.63, 3.8) is 0 Å². The van der Waals surface area contributed by atoms with Gasteiger partial charge in [0.25, 0.3) is 0 Å². The quantitative estimate of drug-likeness (QED) is 0.879. The van der Waals surface area contributed by atoms with Gasteiger partial charge in [0.1, 0.15) is 0 Å². The fourth-order valence-electron chi connectivity index (χ4n) is 2.79. The van der Waals surface area contributed by atoms with Crippen LogP contribution in [0, 0.1) is 12.8 Å². The fourth-order valence-corrected chi connectivity index (χ4v) is 5.29. The van der Waals surface area contributed by atoms with Crippen LogP contribution in [0.1, 0.15) is 37.3 Å². The van der Waals surface area contributed by atoms with Crippen LogP contribution < -0.4 is 0 Å². The van der Waals surface area contributed by atoms with E-state index in [0.717, 1.165) is 24.8 Å². The molecule has 1 N–H and O–H groups in total. The average molecular weight is 376 g/mol. The molecule has 1 aromatic carbocycles.